The summed E-state index contributed by atoms with van der Waals surface area (Å²) in [6.07, 6.45) is 8.28. The van der Waals surface area contributed by atoms with Crippen LogP contribution in [-0.4, -0.2) is 6.04 Å². The summed E-state index contributed by atoms with van der Waals surface area (Å²) in [5, 5.41) is 0. The Labute approximate surface area is 63.3 Å². The Morgan fingerprint density at radius 2 is 1.90 bits per heavy atom. The normalized spacial score (nSPS) is 33.7. The quantitative estimate of drug-likeness (QED) is 0.582. The third kappa shape index (κ3) is 2.14. The lowest BCUT2D eigenvalue weighted by Gasteiger charge is -2.24. The molecule has 0 unspecified atom stereocenters. The summed E-state index contributed by atoms with van der Waals surface area (Å²) in [4.78, 5) is 0. The SMILES string of the molecule is C=CC[C@H]1CC[C@@H](N)CC1. The molecule has 1 rings (SSSR count). The zero-order valence-corrected chi connectivity index (χ0v) is 6.55. The molecule has 0 atom stereocenters. The van der Waals surface area contributed by atoms with Gasteiger partial charge in [0.25, 0.3) is 0 Å². The van der Waals surface area contributed by atoms with Crippen LogP contribution >= 0.6 is 0 Å². The Hall–Kier alpha value is -0.300. The summed E-state index contributed by atoms with van der Waals surface area (Å²) in [6.45, 7) is 3.74. The molecule has 1 aliphatic carbocycles. The van der Waals surface area contributed by atoms with Gasteiger partial charge in [0.15, 0.2) is 0 Å². The monoisotopic (exact) mass is 139 g/mol. The van der Waals surface area contributed by atoms with E-state index in [4.69, 9.17) is 5.73 Å². The van der Waals surface area contributed by atoms with Gasteiger partial charge in [-0.1, -0.05) is 6.08 Å². The molecule has 1 nitrogen and oxygen atoms in total. The minimum Gasteiger partial charge on any atom is -0.328 e. The lowest BCUT2D eigenvalue weighted by molar-refractivity contribution is 0.329. The van der Waals surface area contributed by atoms with Gasteiger partial charge in [-0.25, -0.2) is 0 Å². The number of rotatable bonds is 2. The van der Waals surface area contributed by atoms with Gasteiger partial charge in [-0.15, -0.1) is 6.58 Å². The van der Waals surface area contributed by atoms with Crippen LogP contribution in [0.3, 0.4) is 0 Å². The first kappa shape index (κ1) is 7.80. The second kappa shape index (κ2) is 3.77. The summed E-state index contributed by atoms with van der Waals surface area (Å²) >= 11 is 0. The Bertz CT molecular complexity index is 101. The van der Waals surface area contributed by atoms with Crippen LogP contribution < -0.4 is 5.73 Å². The smallest absolute Gasteiger partial charge is 0.00390 e. The molecule has 0 spiro atoms. The second-order valence-electron chi connectivity index (χ2n) is 3.31. The van der Waals surface area contributed by atoms with E-state index in [0.717, 1.165) is 5.92 Å². The van der Waals surface area contributed by atoms with Crippen LogP contribution in [0.25, 0.3) is 0 Å². The number of hydrogen-bond acceptors (Lipinski definition) is 1. The third-order valence-electron chi connectivity index (χ3n) is 2.39. The van der Waals surface area contributed by atoms with Crippen LogP contribution in [0.15, 0.2) is 12.7 Å². The van der Waals surface area contributed by atoms with Crippen LogP contribution in [-0.2, 0) is 0 Å². The first-order valence-corrected chi connectivity index (χ1v) is 4.19. The molecule has 0 aromatic heterocycles. The molecule has 0 aliphatic heterocycles. The van der Waals surface area contributed by atoms with E-state index in [1.54, 1.807) is 0 Å². The molecule has 0 amide bonds. The minimum absolute atomic E-state index is 0.487. The number of allylic oxidation sites excluding steroid dienone is 1. The van der Waals surface area contributed by atoms with E-state index in [-0.39, 0.29) is 0 Å². The molecule has 0 aromatic rings. The Morgan fingerprint density at radius 1 is 1.30 bits per heavy atom. The van der Waals surface area contributed by atoms with E-state index in [2.05, 4.69) is 6.58 Å². The van der Waals surface area contributed by atoms with E-state index >= 15 is 0 Å². The highest BCUT2D eigenvalue weighted by Gasteiger charge is 2.16. The average molecular weight is 139 g/mol. The van der Waals surface area contributed by atoms with Crippen molar-refractivity contribution in [2.75, 3.05) is 0 Å². The van der Waals surface area contributed by atoms with E-state index in [1.165, 1.54) is 32.1 Å². The first-order chi connectivity index (χ1) is 4.83. The lowest BCUT2D eigenvalue weighted by atomic mass is 9.85. The van der Waals surface area contributed by atoms with Gasteiger partial charge in [-0.05, 0) is 38.0 Å². The molecule has 0 radical (unpaired) electrons. The van der Waals surface area contributed by atoms with Crippen LogP contribution in [0, 0.1) is 5.92 Å². The first-order valence-electron chi connectivity index (χ1n) is 4.19. The van der Waals surface area contributed by atoms with Crippen molar-refractivity contribution in [3.8, 4) is 0 Å². The van der Waals surface area contributed by atoms with Crippen molar-refractivity contribution in [3.63, 3.8) is 0 Å². The third-order valence-corrected chi connectivity index (χ3v) is 2.39. The van der Waals surface area contributed by atoms with Gasteiger partial charge < -0.3 is 5.73 Å². The van der Waals surface area contributed by atoms with E-state index < -0.39 is 0 Å². The lowest BCUT2D eigenvalue weighted by Crippen LogP contribution is -2.26. The number of hydrogen-bond donors (Lipinski definition) is 1. The fraction of sp³-hybridized carbons (Fsp3) is 0.778. The zero-order chi connectivity index (χ0) is 7.40. The highest BCUT2D eigenvalue weighted by molar-refractivity contribution is 4.79. The highest BCUT2D eigenvalue weighted by Crippen LogP contribution is 2.25. The number of nitrogens with two attached hydrogens (primary N) is 1. The van der Waals surface area contributed by atoms with Crippen molar-refractivity contribution in [1.82, 2.24) is 0 Å². The predicted octanol–water partition coefficient (Wildman–Crippen LogP) is 2.08. The molecular weight excluding hydrogens is 122 g/mol. The zero-order valence-electron chi connectivity index (χ0n) is 6.55. The van der Waals surface area contributed by atoms with Gasteiger partial charge in [-0.3, -0.25) is 0 Å². The molecule has 58 valence electrons. The Balaban J connectivity index is 2.19. The molecule has 2 N–H and O–H groups in total. The van der Waals surface area contributed by atoms with E-state index in [1.807, 2.05) is 6.08 Å². The van der Waals surface area contributed by atoms with Crippen LogP contribution in [0.2, 0.25) is 0 Å². The van der Waals surface area contributed by atoms with Gasteiger partial charge in [-0.2, -0.15) is 0 Å². The van der Waals surface area contributed by atoms with Gasteiger partial charge in [0.1, 0.15) is 0 Å². The summed E-state index contributed by atoms with van der Waals surface area (Å²) in [5.41, 5.74) is 5.77. The molecule has 0 aromatic carbocycles. The topological polar surface area (TPSA) is 26.0 Å². The van der Waals surface area contributed by atoms with Gasteiger partial charge >= 0.3 is 0 Å². The maximum Gasteiger partial charge on any atom is 0.00390 e. The summed E-state index contributed by atoms with van der Waals surface area (Å²) in [5.74, 6) is 0.886. The molecule has 0 heterocycles. The second-order valence-corrected chi connectivity index (χ2v) is 3.31. The Kier molecular flexibility index (Phi) is 2.94. The molecule has 1 saturated carbocycles. The Morgan fingerprint density at radius 3 is 2.40 bits per heavy atom. The molecular formula is C9H17N. The van der Waals surface area contributed by atoms with Gasteiger partial charge in [0.05, 0.1) is 0 Å². The fourth-order valence-electron chi connectivity index (χ4n) is 1.66. The largest absolute Gasteiger partial charge is 0.328 e. The van der Waals surface area contributed by atoms with E-state index in [9.17, 15) is 0 Å². The molecule has 1 fully saturated rings. The van der Waals surface area contributed by atoms with E-state index in [0.29, 0.717) is 6.04 Å². The van der Waals surface area contributed by atoms with Crippen LogP contribution in [0.4, 0.5) is 0 Å². The molecule has 10 heavy (non-hydrogen) atoms. The highest BCUT2D eigenvalue weighted by atomic mass is 14.6. The molecule has 1 heteroatoms. The molecule has 1 aliphatic rings. The summed E-state index contributed by atoms with van der Waals surface area (Å²) in [7, 11) is 0. The fourth-order valence-corrected chi connectivity index (χ4v) is 1.66. The average Bonchev–Trinajstić information content (AvgIpc) is 1.95. The van der Waals surface area contributed by atoms with Crippen molar-refractivity contribution in [2.24, 2.45) is 11.7 Å². The minimum atomic E-state index is 0.487. The van der Waals surface area contributed by atoms with Gasteiger partial charge in [0, 0.05) is 6.04 Å². The summed E-state index contributed by atoms with van der Waals surface area (Å²) in [6, 6.07) is 0.487. The van der Waals surface area contributed by atoms with Crippen LogP contribution in [0.5, 0.6) is 0 Å². The molecule has 0 saturated heterocycles. The van der Waals surface area contributed by atoms with Crippen LogP contribution in [0.1, 0.15) is 32.1 Å². The summed E-state index contributed by atoms with van der Waals surface area (Å²) < 4.78 is 0. The van der Waals surface area contributed by atoms with Crippen molar-refractivity contribution < 1.29 is 0 Å². The maximum absolute atomic E-state index is 5.77. The standard InChI is InChI=1S/C9H17N/c1-2-3-8-4-6-9(10)7-5-8/h2,8-9H,1,3-7,10H2/t8-,9+. The predicted molar refractivity (Wildman–Crippen MR) is 44.7 cm³/mol. The maximum atomic E-state index is 5.77. The van der Waals surface area contributed by atoms with Crippen molar-refractivity contribution in [2.45, 2.75) is 38.1 Å². The molecule has 0 bridgehead atoms. The van der Waals surface area contributed by atoms with Gasteiger partial charge in [0.2, 0.25) is 0 Å². The van der Waals surface area contributed by atoms with Crippen molar-refractivity contribution in [1.29, 1.82) is 0 Å². The van der Waals surface area contributed by atoms with Crippen molar-refractivity contribution >= 4 is 0 Å². The van der Waals surface area contributed by atoms with Crippen molar-refractivity contribution in [3.05, 3.63) is 12.7 Å².